The van der Waals surface area contributed by atoms with Gasteiger partial charge in [0, 0.05) is 13.1 Å². The SMILES string of the molecule is CC1CN(C(=O)c2cn(C3CCNCC3)nn2)CC(C)O1. The van der Waals surface area contributed by atoms with Gasteiger partial charge in [0.25, 0.3) is 5.91 Å². The molecule has 2 aliphatic heterocycles. The minimum absolute atomic E-state index is 0.0443. The molecule has 0 bridgehead atoms. The van der Waals surface area contributed by atoms with E-state index in [4.69, 9.17) is 4.74 Å². The number of nitrogens with zero attached hydrogens (tertiary/aromatic N) is 4. The summed E-state index contributed by atoms with van der Waals surface area (Å²) in [6, 6.07) is 0.350. The Labute approximate surface area is 124 Å². The van der Waals surface area contributed by atoms with Gasteiger partial charge in [-0.1, -0.05) is 5.21 Å². The van der Waals surface area contributed by atoms with Crippen molar-refractivity contribution in [1.82, 2.24) is 25.2 Å². The van der Waals surface area contributed by atoms with Gasteiger partial charge in [-0.3, -0.25) is 4.79 Å². The number of ether oxygens (including phenoxy) is 1. The molecule has 21 heavy (non-hydrogen) atoms. The molecule has 3 rings (SSSR count). The fraction of sp³-hybridized carbons (Fsp3) is 0.786. The Bertz CT molecular complexity index is 487. The average Bonchev–Trinajstić information content (AvgIpc) is 2.96. The predicted octanol–water partition coefficient (Wildman–Crippen LogP) is 0.452. The Morgan fingerprint density at radius 1 is 1.29 bits per heavy atom. The second-order valence-corrected chi connectivity index (χ2v) is 6.03. The van der Waals surface area contributed by atoms with Gasteiger partial charge in [0.2, 0.25) is 0 Å². The summed E-state index contributed by atoms with van der Waals surface area (Å²) in [6.07, 6.45) is 3.99. The first-order valence-corrected chi connectivity index (χ1v) is 7.71. The molecule has 2 fully saturated rings. The third-order valence-electron chi connectivity index (χ3n) is 4.12. The zero-order chi connectivity index (χ0) is 14.8. The molecular weight excluding hydrogens is 270 g/mol. The zero-order valence-electron chi connectivity index (χ0n) is 12.7. The molecule has 7 nitrogen and oxygen atoms in total. The molecule has 2 unspecified atom stereocenters. The van der Waals surface area contributed by atoms with Gasteiger partial charge >= 0.3 is 0 Å². The molecular formula is C14H23N5O2. The van der Waals surface area contributed by atoms with Gasteiger partial charge in [-0.25, -0.2) is 4.68 Å². The van der Waals surface area contributed by atoms with Crippen molar-refractivity contribution in [3.8, 4) is 0 Å². The van der Waals surface area contributed by atoms with Crippen LogP contribution in [0.25, 0.3) is 0 Å². The molecule has 1 N–H and O–H groups in total. The number of aromatic nitrogens is 3. The van der Waals surface area contributed by atoms with Crippen molar-refractivity contribution >= 4 is 5.91 Å². The molecule has 0 spiro atoms. The lowest BCUT2D eigenvalue weighted by atomic mass is 10.1. The minimum atomic E-state index is -0.0443. The Kier molecular flexibility index (Phi) is 4.21. The first kappa shape index (κ1) is 14.5. The van der Waals surface area contributed by atoms with Crippen molar-refractivity contribution in [3.63, 3.8) is 0 Å². The fourth-order valence-electron chi connectivity index (χ4n) is 3.13. The zero-order valence-corrected chi connectivity index (χ0v) is 12.7. The highest BCUT2D eigenvalue weighted by molar-refractivity contribution is 5.92. The minimum Gasteiger partial charge on any atom is -0.372 e. The average molecular weight is 293 g/mol. The van der Waals surface area contributed by atoms with E-state index in [1.807, 2.05) is 23.4 Å². The number of morpholine rings is 1. The van der Waals surface area contributed by atoms with Crippen LogP contribution in [0.2, 0.25) is 0 Å². The van der Waals surface area contributed by atoms with E-state index < -0.39 is 0 Å². The van der Waals surface area contributed by atoms with Crippen molar-refractivity contribution in [1.29, 1.82) is 0 Å². The van der Waals surface area contributed by atoms with Crippen molar-refractivity contribution in [3.05, 3.63) is 11.9 Å². The molecule has 0 aliphatic carbocycles. The van der Waals surface area contributed by atoms with Gasteiger partial charge in [0.1, 0.15) is 0 Å². The number of hydrogen-bond donors (Lipinski definition) is 1. The number of rotatable bonds is 2. The Morgan fingerprint density at radius 3 is 2.62 bits per heavy atom. The van der Waals surface area contributed by atoms with E-state index in [0.717, 1.165) is 25.9 Å². The number of carbonyl (C=O) groups is 1. The van der Waals surface area contributed by atoms with Crippen LogP contribution in [0.15, 0.2) is 6.20 Å². The molecule has 0 saturated carbocycles. The topological polar surface area (TPSA) is 72.3 Å². The maximum Gasteiger partial charge on any atom is 0.276 e. The summed E-state index contributed by atoms with van der Waals surface area (Å²) >= 11 is 0. The second kappa shape index (κ2) is 6.11. The van der Waals surface area contributed by atoms with E-state index in [2.05, 4.69) is 15.6 Å². The Hall–Kier alpha value is -1.47. The first-order chi connectivity index (χ1) is 10.1. The lowest BCUT2D eigenvalue weighted by molar-refractivity contribution is -0.0587. The van der Waals surface area contributed by atoms with Crippen molar-refractivity contribution in [2.24, 2.45) is 0 Å². The van der Waals surface area contributed by atoms with Crippen LogP contribution in [0, 0.1) is 0 Å². The number of hydrogen-bond acceptors (Lipinski definition) is 5. The van der Waals surface area contributed by atoms with E-state index in [9.17, 15) is 4.79 Å². The summed E-state index contributed by atoms with van der Waals surface area (Å²) < 4.78 is 7.51. The van der Waals surface area contributed by atoms with Gasteiger partial charge in [-0.2, -0.15) is 0 Å². The van der Waals surface area contributed by atoms with Crippen LogP contribution in [0.5, 0.6) is 0 Å². The van der Waals surface area contributed by atoms with Crippen molar-refractivity contribution < 1.29 is 9.53 Å². The van der Waals surface area contributed by atoms with Crippen molar-refractivity contribution in [2.45, 2.75) is 44.9 Å². The van der Waals surface area contributed by atoms with Gasteiger partial charge in [0.05, 0.1) is 24.4 Å². The highest BCUT2D eigenvalue weighted by atomic mass is 16.5. The van der Waals surface area contributed by atoms with Crippen LogP contribution in [-0.2, 0) is 4.74 Å². The van der Waals surface area contributed by atoms with Crippen LogP contribution in [0.4, 0.5) is 0 Å². The second-order valence-electron chi connectivity index (χ2n) is 6.03. The van der Waals surface area contributed by atoms with Gasteiger partial charge in [-0.05, 0) is 39.8 Å². The quantitative estimate of drug-likeness (QED) is 0.857. The molecule has 1 aromatic heterocycles. The molecule has 1 aromatic rings. The Balaban J connectivity index is 1.68. The first-order valence-electron chi connectivity index (χ1n) is 7.71. The predicted molar refractivity (Wildman–Crippen MR) is 77.1 cm³/mol. The summed E-state index contributed by atoms with van der Waals surface area (Å²) in [5, 5.41) is 11.6. The third-order valence-corrected chi connectivity index (χ3v) is 4.12. The maximum atomic E-state index is 12.5. The summed E-state index contributed by atoms with van der Waals surface area (Å²) in [5.41, 5.74) is 0.440. The monoisotopic (exact) mass is 293 g/mol. The van der Waals surface area contributed by atoms with Crippen LogP contribution in [0.1, 0.15) is 43.2 Å². The van der Waals surface area contributed by atoms with Crippen molar-refractivity contribution in [2.75, 3.05) is 26.2 Å². The van der Waals surface area contributed by atoms with Gasteiger partial charge in [-0.15, -0.1) is 5.10 Å². The summed E-state index contributed by atoms with van der Waals surface area (Å²) in [7, 11) is 0. The molecule has 3 heterocycles. The van der Waals surface area contributed by atoms with E-state index in [1.54, 1.807) is 6.20 Å². The fourth-order valence-corrected chi connectivity index (χ4v) is 3.13. The molecule has 2 saturated heterocycles. The number of carbonyl (C=O) groups excluding carboxylic acids is 1. The molecule has 7 heteroatoms. The van der Waals surface area contributed by atoms with Crippen LogP contribution >= 0.6 is 0 Å². The molecule has 2 atom stereocenters. The highest BCUT2D eigenvalue weighted by Crippen LogP contribution is 2.18. The molecule has 0 radical (unpaired) electrons. The number of piperidine rings is 1. The van der Waals surface area contributed by atoms with E-state index >= 15 is 0 Å². The Morgan fingerprint density at radius 2 is 1.95 bits per heavy atom. The van der Waals surface area contributed by atoms with Crippen LogP contribution in [-0.4, -0.2) is 64.2 Å². The lowest BCUT2D eigenvalue weighted by Gasteiger charge is -2.34. The number of amides is 1. The van der Waals surface area contributed by atoms with Gasteiger partial charge < -0.3 is 15.0 Å². The van der Waals surface area contributed by atoms with E-state index in [0.29, 0.717) is 24.8 Å². The highest BCUT2D eigenvalue weighted by Gasteiger charge is 2.28. The summed E-state index contributed by atoms with van der Waals surface area (Å²) in [6.45, 7) is 7.19. The smallest absolute Gasteiger partial charge is 0.276 e. The van der Waals surface area contributed by atoms with E-state index in [-0.39, 0.29) is 18.1 Å². The normalized spacial score (nSPS) is 27.8. The van der Waals surface area contributed by atoms with Crippen LogP contribution in [0.3, 0.4) is 0 Å². The summed E-state index contributed by atoms with van der Waals surface area (Å²) in [5.74, 6) is -0.0443. The molecule has 0 aromatic carbocycles. The standard InChI is InChI=1S/C14H23N5O2/c1-10-7-18(8-11(2)21-10)14(20)13-9-19(17-16-13)12-3-5-15-6-4-12/h9-12,15H,3-8H2,1-2H3. The molecule has 116 valence electrons. The number of nitrogens with one attached hydrogen (secondary N) is 1. The largest absolute Gasteiger partial charge is 0.372 e. The lowest BCUT2D eigenvalue weighted by Crippen LogP contribution is -2.48. The molecule has 1 amide bonds. The maximum absolute atomic E-state index is 12.5. The third kappa shape index (κ3) is 3.24. The van der Waals surface area contributed by atoms with Crippen LogP contribution < -0.4 is 5.32 Å². The molecule has 2 aliphatic rings. The van der Waals surface area contributed by atoms with E-state index in [1.165, 1.54) is 0 Å². The summed E-state index contributed by atoms with van der Waals surface area (Å²) in [4.78, 5) is 14.3. The van der Waals surface area contributed by atoms with Gasteiger partial charge in [0.15, 0.2) is 5.69 Å².